The van der Waals surface area contributed by atoms with Crippen molar-refractivity contribution in [2.24, 2.45) is 5.73 Å². The molecule has 0 aromatic rings. The lowest BCUT2D eigenvalue weighted by molar-refractivity contribution is -0.344. The van der Waals surface area contributed by atoms with Crippen LogP contribution in [0.3, 0.4) is 0 Å². The summed E-state index contributed by atoms with van der Waals surface area (Å²) in [6, 6.07) is 0. The maximum Gasteiger partial charge on any atom is 0.303 e. The Morgan fingerprint density at radius 3 is 1.27 bits per heavy atom. The Labute approximate surface area is 251 Å². The zero-order chi connectivity index (χ0) is 33.3. The zero-order valence-electron chi connectivity index (χ0n) is 25.2. The molecule has 248 valence electrons. The van der Waals surface area contributed by atoms with Crippen molar-refractivity contribution in [2.75, 3.05) is 13.2 Å². The van der Waals surface area contributed by atoms with Crippen molar-refractivity contribution in [3.8, 4) is 0 Å². The molecule has 2 saturated heterocycles. The number of esters is 7. The zero-order valence-corrected chi connectivity index (χ0v) is 25.2. The van der Waals surface area contributed by atoms with Crippen LogP contribution in [0.5, 0.6) is 0 Å². The van der Waals surface area contributed by atoms with Crippen LogP contribution in [0.15, 0.2) is 0 Å². The minimum atomic E-state index is -1.76. The van der Waals surface area contributed by atoms with E-state index in [2.05, 4.69) is 0 Å². The van der Waals surface area contributed by atoms with Crippen LogP contribution in [-0.4, -0.2) is 116 Å². The molecule has 44 heavy (non-hydrogen) atoms. The highest BCUT2D eigenvalue weighted by Crippen LogP contribution is 2.34. The SMILES string of the molecule is CC(=O)OC[C@H]1OC(O[C@H]2[C@H](OC(C)=O)[C@@H](OC(C)=O)C(N)O[C@@H]2COC(C)=O)[C@H](OC(C)=O)[C@@H](OC(C)=O)[C@H]1OC(C)=O. The van der Waals surface area contributed by atoms with Crippen LogP contribution in [0.4, 0.5) is 0 Å². The second kappa shape index (κ2) is 16.3. The van der Waals surface area contributed by atoms with Crippen molar-refractivity contribution < 1.29 is 80.9 Å². The third-order valence-electron chi connectivity index (χ3n) is 5.96. The van der Waals surface area contributed by atoms with Gasteiger partial charge in [0, 0.05) is 48.5 Å². The van der Waals surface area contributed by atoms with Gasteiger partial charge in [-0.1, -0.05) is 0 Å². The lowest BCUT2D eigenvalue weighted by Crippen LogP contribution is -2.68. The van der Waals surface area contributed by atoms with Gasteiger partial charge in [0.2, 0.25) is 0 Å². The van der Waals surface area contributed by atoms with Crippen molar-refractivity contribution in [1.82, 2.24) is 0 Å². The van der Waals surface area contributed by atoms with Gasteiger partial charge in [0.05, 0.1) is 0 Å². The number of hydrogen-bond acceptors (Lipinski definition) is 18. The largest absolute Gasteiger partial charge is 0.463 e. The Morgan fingerprint density at radius 2 is 0.841 bits per heavy atom. The van der Waals surface area contributed by atoms with Crippen LogP contribution in [0.25, 0.3) is 0 Å². The number of carbonyl (C=O) groups is 7. The summed E-state index contributed by atoms with van der Waals surface area (Å²) in [6.07, 6.45) is -15.1. The van der Waals surface area contributed by atoms with Crippen LogP contribution in [0.1, 0.15) is 48.5 Å². The van der Waals surface area contributed by atoms with Gasteiger partial charge >= 0.3 is 41.8 Å². The highest BCUT2D eigenvalue weighted by molar-refractivity contribution is 5.69. The molecule has 18 nitrogen and oxygen atoms in total. The summed E-state index contributed by atoms with van der Waals surface area (Å²) in [5, 5.41) is 0. The van der Waals surface area contributed by atoms with Gasteiger partial charge in [-0.2, -0.15) is 0 Å². The van der Waals surface area contributed by atoms with Crippen molar-refractivity contribution in [3.63, 3.8) is 0 Å². The van der Waals surface area contributed by atoms with Crippen molar-refractivity contribution >= 4 is 41.8 Å². The summed E-state index contributed by atoms with van der Waals surface area (Å²) in [6.45, 7) is 6.39. The maximum absolute atomic E-state index is 12.2. The van der Waals surface area contributed by atoms with Crippen LogP contribution < -0.4 is 5.73 Å². The molecule has 2 aliphatic heterocycles. The van der Waals surface area contributed by atoms with Gasteiger partial charge < -0.3 is 53.1 Å². The highest BCUT2D eigenvalue weighted by Gasteiger charge is 2.57. The van der Waals surface area contributed by atoms with E-state index in [1.54, 1.807) is 0 Å². The van der Waals surface area contributed by atoms with Gasteiger partial charge in [-0.25, -0.2) is 0 Å². The number of rotatable bonds is 11. The molecule has 0 aromatic heterocycles. The fourth-order valence-electron chi connectivity index (χ4n) is 4.55. The number of carbonyl (C=O) groups excluding carboxylic acids is 7. The minimum absolute atomic E-state index is 0.510. The molecular weight excluding hydrogens is 598 g/mol. The van der Waals surface area contributed by atoms with Gasteiger partial charge in [0.1, 0.15) is 37.8 Å². The molecule has 0 amide bonds. The quantitative estimate of drug-likeness (QED) is 0.202. The van der Waals surface area contributed by atoms with E-state index in [1.165, 1.54) is 0 Å². The molecule has 0 aromatic carbocycles. The van der Waals surface area contributed by atoms with E-state index in [0.717, 1.165) is 48.5 Å². The average molecular weight is 636 g/mol. The Kier molecular flexibility index (Phi) is 13.4. The second-order valence-corrected chi connectivity index (χ2v) is 9.76. The Hall–Kier alpha value is -3.87. The normalized spacial score (nSPS) is 31.5. The van der Waals surface area contributed by atoms with E-state index in [4.69, 9.17) is 53.1 Å². The molecule has 10 atom stereocenters. The number of ether oxygens (including phenoxy) is 10. The summed E-state index contributed by atoms with van der Waals surface area (Å²) in [5.41, 5.74) is 6.07. The van der Waals surface area contributed by atoms with Gasteiger partial charge in [-0.15, -0.1) is 0 Å². The van der Waals surface area contributed by atoms with Gasteiger partial charge in [-0.05, 0) is 0 Å². The van der Waals surface area contributed by atoms with E-state index in [-0.39, 0.29) is 0 Å². The van der Waals surface area contributed by atoms with E-state index < -0.39 is 116 Å². The van der Waals surface area contributed by atoms with E-state index in [9.17, 15) is 33.6 Å². The molecule has 0 bridgehead atoms. The Bertz CT molecular complexity index is 1090. The Balaban J connectivity index is 2.66. The lowest BCUT2D eigenvalue weighted by Gasteiger charge is -2.48. The third-order valence-corrected chi connectivity index (χ3v) is 5.96. The maximum atomic E-state index is 12.2. The van der Waals surface area contributed by atoms with Crippen molar-refractivity contribution in [3.05, 3.63) is 0 Å². The van der Waals surface area contributed by atoms with Crippen molar-refractivity contribution in [1.29, 1.82) is 0 Å². The lowest BCUT2D eigenvalue weighted by atomic mass is 9.95. The summed E-state index contributed by atoms with van der Waals surface area (Å²) in [5.74, 6) is -5.79. The molecule has 0 aliphatic carbocycles. The predicted octanol–water partition coefficient (Wildman–Crippen LogP) is -1.44. The molecule has 18 heteroatoms. The predicted molar refractivity (Wildman–Crippen MR) is 137 cm³/mol. The molecule has 2 N–H and O–H groups in total. The molecular formula is C26H37NO17. The molecule has 0 radical (unpaired) electrons. The molecule has 2 aliphatic rings. The second-order valence-electron chi connectivity index (χ2n) is 9.76. The van der Waals surface area contributed by atoms with E-state index in [0.29, 0.717) is 0 Å². The molecule has 2 rings (SSSR count). The first-order valence-corrected chi connectivity index (χ1v) is 13.3. The van der Waals surface area contributed by atoms with Gasteiger partial charge in [0.15, 0.2) is 36.8 Å². The Morgan fingerprint density at radius 1 is 0.477 bits per heavy atom. The average Bonchev–Trinajstić information content (AvgIpc) is 2.87. The first kappa shape index (κ1) is 36.3. The summed E-state index contributed by atoms with van der Waals surface area (Å²) >= 11 is 0. The highest BCUT2D eigenvalue weighted by atomic mass is 16.8. The summed E-state index contributed by atoms with van der Waals surface area (Å²) in [7, 11) is 0. The standard InChI is InChI=1S/C26H37NO17/c1-10(28)35-8-17-20(21(38-13(4)31)23(25(27)42-17)40-15(6)33)44-26-24(41-16(7)34)22(39-14(5)32)19(37-12(3)30)18(43-26)9-36-11(2)29/h17-26H,8-9,27H2,1-7H3/t17-,18-,19+,20-,21+,22+,23-,24-,25?,26?/m1/s1. The van der Waals surface area contributed by atoms with Crippen LogP contribution in [-0.2, 0) is 80.9 Å². The molecule has 0 spiro atoms. The summed E-state index contributed by atoms with van der Waals surface area (Å²) < 4.78 is 54.8. The monoisotopic (exact) mass is 635 g/mol. The topological polar surface area (TPSA) is 238 Å². The molecule has 2 unspecified atom stereocenters. The fraction of sp³-hybridized carbons (Fsp3) is 0.731. The number of nitrogens with two attached hydrogens (primary N) is 1. The van der Waals surface area contributed by atoms with Crippen LogP contribution in [0.2, 0.25) is 0 Å². The van der Waals surface area contributed by atoms with E-state index >= 15 is 0 Å². The minimum Gasteiger partial charge on any atom is -0.463 e. The molecule has 2 heterocycles. The van der Waals surface area contributed by atoms with Crippen molar-refractivity contribution in [2.45, 2.75) is 110 Å². The molecule has 0 saturated carbocycles. The third kappa shape index (κ3) is 10.7. The van der Waals surface area contributed by atoms with Crippen LogP contribution in [0, 0.1) is 0 Å². The van der Waals surface area contributed by atoms with Crippen LogP contribution >= 0.6 is 0 Å². The first-order valence-electron chi connectivity index (χ1n) is 13.3. The first-order chi connectivity index (χ1) is 20.5. The fourth-order valence-corrected chi connectivity index (χ4v) is 4.55. The van der Waals surface area contributed by atoms with E-state index in [1.807, 2.05) is 0 Å². The molecule has 2 fully saturated rings. The number of hydrogen-bond donors (Lipinski definition) is 1. The smallest absolute Gasteiger partial charge is 0.303 e. The van der Waals surface area contributed by atoms with Gasteiger partial charge in [-0.3, -0.25) is 33.6 Å². The van der Waals surface area contributed by atoms with Gasteiger partial charge in [0.25, 0.3) is 0 Å². The summed E-state index contributed by atoms with van der Waals surface area (Å²) in [4.78, 5) is 83.6.